The molecular formula is C9H13N3O3. The maximum absolute atomic E-state index is 11.3. The van der Waals surface area contributed by atoms with E-state index < -0.39 is 11.8 Å². The molecule has 1 unspecified atom stereocenters. The van der Waals surface area contributed by atoms with E-state index in [4.69, 9.17) is 5.11 Å². The quantitative estimate of drug-likeness (QED) is 0.651. The van der Waals surface area contributed by atoms with Gasteiger partial charge < -0.3 is 10.4 Å². The highest BCUT2D eigenvalue weighted by molar-refractivity contribution is 5.75. The maximum atomic E-state index is 11.3. The summed E-state index contributed by atoms with van der Waals surface area (Å²) < 4.78 is 1.19. The Kier molecular flexibility index (Phi) is 3.99. The van der Waals surface area contributed by atoms with Crippen molar-refractivity contribution >= 4 is 5.91 Å². The molecule has 1 aromatic rings. The van der Waals surface area contributed by atoms with E-state index in [9.17, 15) is 9.59 Å². The fourth-order valence-corrected chi connectivity index (χ4v) is 0.980. The number of nitrogens with zero attached hydrogens (tertiary/aromatic N) is 2. The smallest absolute Gasteiger partial charge is 0.347 e. The summed E-state index contributed by atoms with van der Waals surface area (Å²) in [5.41, 5.74) is -0.468. The highest BCUT2D eigenvalue weighted by atomic mass is 16.3. The van der Waals surface area contributed by atoms with Gasteiger partial charge in [-0.05, 0) is 13.0 Å². The van der Waals surface area contributed by atoms with Crippen LogP contribution in [0.2, 0.25) is 0 Å². The molecule has 2 N–H and O–H groups in total. The monoisotopic (exact) mass is 211 g/mol. The predicted octanol–water partition coefficient (Wildman–Crippen LogP) is -1.26. The van der Waals surface area contributed by atoms with Crippen molar-refractivity contribution in [3.63, 3.8) is 0 Å². The minimum absolute atomic E-state index is 0.0839. The molecule has 1 heterocycles. The SMILES string of the molecule is CC(O)CNC(=O)Cn1cccnc1=O. The Hall–Kier alpha value is -1.69. The fraction of sp³-hybridized carbons (Fsp3) is 0.444. The first-order valence-corrected chi connectivity index (χ1v) is 4.56. The molecule has 0 aliphatic heterocycles. The van der Waals surface area contributed by atoms with E-state index in [-0.39, 0.29) is 19.0 Å². The summed E-state index contributed by atoms with van der Waals surface area (Å²) in [6.45, 7) is 1.66. The van der Waals surface area contributed by atoms with Crippen LogP contribution in [0.3, 0.4) is 0 Å². The molecule has 0 bridgehead atoms. The van der Waals surface area contributed by atoms with Crippen LogP contribution >= 0.6 is 0 Å². The summed E-state index contributed by atoms with van der Waals surface area (Å²) in [5, 5.41) is 11.4. The number of aliphatic hydroxyl groups is 1. The van der Waals surface area contributed by atoms with Crippen LogP contribution in [0.4, 0.5) is 0 Å². The first-order valence-electron chi connectivity index (χ1n) is 4.56. The van der Waals surface area contributed by atoms with Crippen molar-refractivity contribution in [2.24, 2.45) is 0 Å². The molecule has 0 spiro atoms. The molecule has 0 fully saturated rings. The van der Waals surface area contributed by atoms with Crippen LogP contribution in [-0.2, 0) is 11.3 Å². The molecule has 0 saturated carbocycles. The van der Waals surface area contributed by atoms with E-state index in [1.165, 1.54) is 17.0 Å². The van der Waals surface area contributed by atoms with Crippen molar-refractivity contribution in [2.75, 3.05) is 6.54 Å². The van der Waals surface area contributed by atoms with E-state index in [1.807, 2.05) is 0 Å². The molecule has 0 radical (unpaired) electrons. The number of carbonyl (C=O) groups excluding carboxylic acids is 1. The number of hydrogen-bond donors (Lipinski definition) is 2. The first kappa shape index (κ1) is 11.4. The van der Waals surface area contributed by atoms with Crippen LogP contribution in [-0.4, -0.2) is 33.2 Å². The van der Waals surface area contributed by atoms with Gasteiger partial charge in [0.2, 0.25) is 5.91 Å². The summed E-state index contributed by atoms with van der Waals surface area (Å²) in [7, 11) is 0. The van der Waals surface area contributed by atoms with Crippen molar-refractivity contribution in [1.29, 1.82) is 0 Å². The summed E-state index contributed by atoms with van der Waals surface area (Å²) in [6, 6.07) is 1.57. The Balaban J connectivity index is 2.52. The van der Waals surface area contributed by atoms with Crippen molar-refractivity contribution in [3.8, 4) is 0 Å². The number of aromatic nitrogens is 2. The molecule has 1 rings (SSSR count). The molecule has 1 atom stereocenters. The van der Waals surface area contributed by atoms with Crippen LogP contribution in [0, 0.1) is 0 Å². The lowest BCUT2D eigenvalue weighted by molar-refractivity contribution is -0.122. The third-order valence-corrected chi connectivity index (χ3v) is 1.69. The second-order valence-corrected chi connectivity index (χ2v) is 3.18. The third kappa shape index (κ3) is 3.90. The van der Waals surface area contributed by atoms with Crippen molar-refractivity contribution in [1.82, 2.24) is 14.9 Å². The minimum atomic E-state index is -0.598. The van der Waals surface area contributed by atoms with Crippen molar-refractivity contribution in [3.05, 3.63) is 28.9 Å². The molecule has 1 amide bonds. The van der Waals surface area contributed by atoms with Crippen molar-refractivity contribution in [2.45, 2.75) is 19.6 Å². The van der Waals surface area contributed by atoms with E-state index in [0.717, 1.165) is 0 Å². The molecule has 0 aliphatic rings. The largest absolute Gasteiger partial charge is 0.392 e. The minimum Gasteiger partial charge on any atom is -0.392 e. The second-order valence-electron chi connectivity index (χ2n) is 3.18. The molecular weight excluding hydrogens is 198 g/mol. The van der Waals surface area contributed by atoms with Crippen LogP contribution < -0.4 is 11.0 Å². The fourth-order valence-electron chi connectivity index (χ4n) is 0.980. The Labute approximate surface area is 86.6 Å². The standard InChI is InChI=1S/C9H13N3O3/c1-7(13)5-11-8(14)6-12-4-2-3-10-9(12)15/h2-4,7,13H,5-6H2,1H3,(H,11,14). The van der Waals surface area contributed by atoms with Crippen LogP contribution in [0.15, 0.2) is 23.3 Å². The molecule has 15 heavy (non-hydrogen) atoms. The lowest BCUT2D eigenvalue weighted by Gasteiger charge is -2.07. The normalized spacial score (nSPS) is 12.1. The van der Waals surface area contributed by atoms with Gasteiger partial charge >= 0.3 is 5.69 Å². The zero-order valence-corrected chi connectivity index (χ0v) is 8.38. The van der Waals surface area contributed by atoms with Crippen LogP contribution in [0.5, 0.6) is 0 Å². The number of aliphatic hydroxyl groups excluding tert-OH is 1. The van der Waals surface area contributed by atoms with E-state index >= 15 is 0 Å². The Morgan fingerprint density at radius 3 is 3.07 bits per heavy atom. The molecule has 82 valence electrons. The van der Waals surface area contributed by atoms with Gasteiger partial charge in [0.25, 0.3) is 0 Å². The van der Waals surface area contributed by atoms with E-state index in [1.54, 1.807) is 13.0 Å². The second kappa shape index (κ2) is 5.26. The zero-order valence-electron chi connectivity index (χ0n) is 8.38. The van der Waals surface area contributed by atoms with Gasteiger partial charge in [0.15, 0.2) is 0 Å². The van der Waals surface area contributed by atoms with Crippen molar-refractivity contribution < 1.29 is 9.90 Å². The Morgan fingerprint density at radius 1 is 1.73 bits per heavy atom. The van der Waals surface area contributed by atoms with Gasteiger partial charge in [-0.2, -0.15) is 0 Å². The molecule has 0 aliphatic carbocycles. The summed E-state index contributed by atoms with van der Waals surface area (Å²) in [5.74, 6) is -0.328. The molecule has 6 nitrogen and oxygen atoms in total. The summed E-state index contributed by atoms with van der Waals surface area (Å²) in [6.07, 6.45) is 2.25. The number of carbonyl (C=O) groups is 1. The van der Waals surface area contributed by atoms with Gasteiger partial charge in [-0.1, -0.05) is 0 Å². The average molecular weight is 211 g/mol. The molecule has 0 saturated heterocycles. The number of hydrogen-bond acceptors (Lipinski definition) is 4. The average Bonchev–Trinajstić information content (AvgIpc) is 2.18. The summed E-state index contributed by atoms with van der Waals surface area (Å²) >= 11 is 0. The van der Waals surface area contributed by atoms with Gasteiger partial charge in [0.05, 0.1) is 6.10 Å². The Morgan fingerprint density at radius 2 is 2.47 bits per heavy atom. The zero-order chi connectivity index (χ0) is 11.3. The maximum Gasteiger partial charge on any atom is 0.347 e. The van der Waals surface area contributed by atoms with Gasteiger partial charge in [-0.25, -0.2) is 9.78 Å². The topological polar surface area (TPSA) is 84.2 Å². The molecule has 1 aromatic heterocycles. The molecule has 6 heteroatoms. The van der Waals surface area contributed by atoms with Gasteiger partial charge in [-0.15, -0.1) is 0 Å². The van der Waals surface area contributed by atoms with E-state index in [2.05, 4.69) is 10.3 Å². The number of rotatable bonds is 4. The van der Waals surface area contributed by atoms with Gasteiger partial charge in [-0.3, -0.25) is 9.36 Å². The van der Waals surface area contributed by atoms with Gasteiger partial charge in [0.1, 0.15) is 6.54 Å². The lowest BCUT2D eigenvalue weighted by Crippen LogP contribution is -2.36. The third-order valence-electron chi connectivity index (χ3n) is 1.69. The van der Waals surface area contributed by atoms with Crippen LogP contribution in [0.1, 0.15) is 6.92 Å². The number of nitrogens with one attached hydrogen (secondary N) is 1. The van der Waals surface area contributed by atoms with Gasteiger partial charge in [0, 0.05) is 18.9 Å². The van der Waals surface area contributed by atoms with Crippen LogP contribution in [0.25, 0.3) is 0 Å². The predicted molar refractivity (Wildman–Crippen MR) is 53.2 cm³/mol. The Bertz CT molecular complexity index is 386. The highest BCUT2D eigenvalue weighted by Crippen LogP contribution is 1.81. The lowest BCUT2D eigenvalue weighted by atomic mass is 10.4. The van der Waals surface area contributed by atoms with E-state index in [0.29, 0.717) is 0 Å². The number of amides is 1. The highest BCUT2D eigenvalue weighted by Gasteiger charge is 2.04. The summed E-state index contributed by atoms with van der Waals surface area (Å²) in [4.78, 5) is 25.9. The first-order chi connectivity index (χ1) is 7.09. The molecule has 0 aromatic carbocycles.